The van der Waals surface area contributed by atoms with Gasteiger partial charge in [-0.1, -0.05) is 96.6 Å². The summed E-state index contributed by atoms with van der Waals surface area (Å²) in [5.74, 6) is 0.458. The van der Waals surface area contributed by atoms with Gasteiger partial charge in [-0.05, 0) is 65.5 Å². The van der Waals surface area contributed by atoms with E-state index in [0.717, 1.165) is 88.5 Å². The number of nitrogens with zero attached hydrogens (tertiary/aromatic N) is 3. The number of carbonyl (C=O) groups excluding carboxylic acids is 3. The predicted molar refractivity (Wildman–Crippen MR) is 199 cm³/mol. The van der Waals surface area contributed by atoms with Crippen LogP contribution >= 0.6 is 22.7 Å². The summed E-state index contributed by atoms with van der Waals surface area (Å²) in [6.07, 6.45) is 9.96. The van der Waals surface area contributed by atoms with E-state index in [9.17, 15) is 19.6 Å². The number of fused-ring (bicyclic) bond motifs is 1. The molecule has 0 aliphatic carbocycles. The van der Waals surface area contributed by atoms with Gasteiger partial charge in [0.1, 0.15) is 6.07 Å². The van der Waals surface area contributed by atoms with Crippen molar-refractivity contribution in [2.75, 3.05) is 13.1 Å². The molecule has 2 amide bonds. The Bertz CT molecular complexity index is 1780. The van der Waals surface area contributed by atoms with Crippen molar-refractivity contribution in [3.63, 3.8) is 0 Å². The Balaban J connectivity index is 1.60. The van der Waals surface area contributed by atoms with Crippen LogP contribution in [0.5, 0.6) is 0 Å². The summed E-state index contributed by atoms with van der Waals surface area (Å²) < 4.78 is 4.72. The van der Waals surface area contributed by atoms with Gasteiger partial charge in [0.15, 0.2) is 0 Å². The topological polar surface area (TPSA) is 90.7 Å². The summed E-state index contributed by atoms with van der Waals surface area (Å²) in [5, 5.41) is 11.2. The van der Waals surface area contributed by atoms with Crippen molar-refractivity contribution in [1.29, 1.82) is 5.26 Å². The van der Waals surface area contributed by atoms with E-state index in [1.54, 1.807) is 22.7 Å². The number of ether oxygens (including phenoxy) is 1. The quantitative estimate of drug-likeness (QED) is 0.0751. The monoisotopic (exact) mass is 695 g/mol. The number of hydrogen-bond donors (Lipinski definition) is 0. The third-order valence-electron chi connectivity index (χ3n) is 9.52. The molecule has 2 atom stereocenters. The van der Waals surface area contributed by atoms with Crippen molar-refractivity contribution in [2.24, 2.45) is 11.8 Å². The molecule has 7 nitrogen and oxygen atoms in total. The highest BCUT2D eigenvalue weighted by Crippen LogP contribution is 2.49. The largest absolute Gasteiger partial charge is 0.417 e. The Morgan fingerprint density at radius 2 is 1.39 bits per heavy atom. The van der Waals surface area contributed by atoms with Crippen LogP contribution in [0.3, 0.4) is 0 Å². The highest BCUT2D eigenvalue weighted by molar-refractivity contribution is 7.16. The third-order valence-corrected chi connectivity index (χ3v) is 11.5. The van der Waals surface area contributed by atoms with Gasteiger partial charge >= 0.3 is 0 Å². The Hall–Kier alpha value is -4.26. The minimum absolute atomic E-state index is 0.0715. The zero-order chi connectivity index (χ0) is 34.9. The van der Waals surface area contributed by atoms with E-state index in [1.807, 2.05) is 69.8 Å². The molecular formula is C40H45N3O4S2. The number of thiophene rings is 2. The second kappa shape index (κ2) is 16.9. The number of carbonyl (C=O) groups is 3. The van der Waals surface area contributed by atoms with Gasteiger partial charge in [-0.2, -0.15) is 5.26 Å². The van der Waals surface area contributed by atoms with E-state index >= 15 is 0 Å². The second-order valence-corrected chi connectivity index (χ2v) is 14.7. The molecule has 0 saturated heterocycles. The van der Waals surface area contributed by atoms with Crippen molar-refractivity contribution in [1.82, 2.24) is 9.80 Å². The van der Waals surface area contributed by atoms with Crippen LogP contribution < -0.4 is 0 Å². The Labute approximate surface area is 298 Å². The first-order chi connectivity index (χ1) is 23.9. The lowest BCUT2D eigenvalue weighted by Gasteiger charge is -2.29. The Morgan fingerprint density at radius 3 is 1.88 bits per heavy atom. The Kier molecular flexibility index (Phi) is 12.4. The fourth-order valence-corrected chi connectivity index (χ4v) is 8.54. The maximum Gasteiger partial charge on any atom is 0.299 e. The molecule has 0 fully saturated rings. The fourth-order valence-electron chi connectivity index (χ4n) is 6.68. The average molecular weight is 696 g/mol. The van der Waals surface area contributed by atoms with E-state index < -0.39 is 0 Å². The van der Waals surface area contributed by atoms with Crippen LogP contribution in [0.4, 0.5) is 0 Å². The molecule has 2 aliphatic heterocycles. The van der Waals surface area contributed by atoms with Crippen molar-refractivity contribution >= 4 is 58.4 Å². The molecule has 256 valence electrons. The standard InChI is InChI=1S/C40H45N3O4S2/c1-5-9-12-27(7-3)24-42-37(33-14-11-21-48-33)35-36(40(42)46)38(43(39(35)45)25-28(8-4)13-10-6-2)34-20-19-32(49-34)30-17-15-29(16-18-30)22-31(23-41)47-26-44/h11,14-22,26-28H,5-10,12-13,24-25H2,1-4H3. The minimum Gasteiger partial charge on any atom is -0.417 e. The molecule has 4 heterocycles. The summed E-state index contributed by atoms with van der Waals surface area (Å²) in [4.78, 5) is 46.7. The highest BCUT2D eigenvalue weighted by atomic mass is 32.1. The maximum absolute atomic E-state index is 14.7. The van der Waals surface area contributed by atoms with Crippen LogP contribution in [0.1, 0.15) is 94.4 Å². The zero-order valence-corrected chi connectivity index (χ0v) is 30.5. The van der Waals surface area contributed by atoms with E-state index in [4.69, 9.17) is 4.74 Å². The van der Waals surface area contributed by atoms with Gasteiger partial charge in [0.2, 0.25) is 5.76 Å². The van der Waals surface area contributed by atoms with Crippen molar-refractivity contribution < 1.29 is 19.1 Å². The van der Waals surface area contributed by atoms with Gasteiger partial charge in [0.25, 0.3) is 18.3 Å². The molecule has 2 unspecified atom stereocenters. The molecule has 3 aromatic rings. The highest BCUT2D eigenvalue weighted by Gasteiger charge is 2.49. The maximum atomic E-state index is 14.7. The van der Waals surface area contributed by atoms with Crippen LogP contribution in [0.15, 0.2) is 70.8 Å². The SMILES string of the molecule is CCCCC(CC)CN1C(=O)C2=C(c3ccc(-c4ccc(C=C(C#N)OC=O)cc4)s3)N(CC(CC)CCCC)C(=O)C2=C1c1cccs1. The molecule has 0 radical (unpaired) electrons. The van der Waals surface area contributed by atoms with Gasteiger partial charge in [-0.3, -0.25) is 14.4 Å². The summed E-state index contributed by atoms with van der Waals surface area (Å²) >= 11 is 3.15. The molecule has 1 aromatic carbocycles. The summed E-state index contributed by atoms with van der Waals surface area (Å²) in [6.45, 7) is 10.2. The number of amides is 2. The Morgan fingerprint density at radius 1 is 0.816 bits per heavy atom. The summed E-state index contributed by atoms with van der Waals surface area (Å²) in [5.41, 5.74) is 4.29. The van der Waals surface area contributed by atoms with Gasteiger partial charge in [0.05, 0.1) is 32.3 Å². The molecule has 49 heavy (non-hydrogen) atoms. The molecule has 5 rings (SSSR count). The van der Waals surface area contributed by atoms with Gasteiger partial charge < -0.3 is 14.5 Å². The summed E-state index contributed by atoms with van der Waals surface area (Å²) in [7, 11) is 0. The predicted octanol–water partition coefficient (Wildman–Crippen LogP) is 9.75. The lowest BCUT2D eigenvalue weighted by Crippen LogP contribution is -2.34. The molecule has 2 aliphatic rings. The van der Waals surface area contributed by atoms with Gasteiger partial charge in [0, 0.05) is 18.0 Å². The van der Waals surface area contributed by atoms with Crippen LogP contribution in [-0.2, 0) is 19.1 Å². The van der Waals surface area contributed by atoms with Gasteiger partial charge in [-0.25, -0.2) is 0 Å². The first-order valence-corrected chi connectivity index (χ1v) is 19.2. The van der Waals surface area contributed by atoms with E-state index in [1.165, 1.54) is 6.08 Å². The average Bonchev–Trinajstić information content (AvgIpc) is 3.92. The molecule has 0 bridgehead atoms. The van der Waals surface area contributed by atoms with Crippen molar-refractivity contribution in [3.8, 4) is 16.5 Å². The number of nitriles is 1. The molecule has 0 saturated carbocycles. The molecule has 0 N–H and O–H groups in total. The normalized spacial score (nSPS) is 16.0. The van der Waals surface area contributed by atoms with E-state index in [2.05, 4.69) is 27.7 Å². The van der Waals surface area contributed by atoms with Crippen LogP contribution in [-0.4, -0.2) is 41.2 Å². The summed E-state index contributed by atoms with van der Waals surface area (Å²) in [6, 6.07) is 17.6. The lowest BCUT2D eigenvalue weighted by atomic mass is 9.98. The number of hydrogen-bond acceptors (Lipinski definition) is 7. The van der Waals surface area contributed by atoms with Crippen molar-refractivity contribution in [3.05, 3.63) is 86.1 Å². The van der Waals surface area contributed by atoms with Crippen LogP contribution in [0, 0.1) is 23.2 Å². The van der Waals surface area contributed by atoms with Crippen molar-refractivity contribution in [2.45, 2.75) is 79.1 Å². The molecule has 9 heteroatoms. The third kappa shape index (κ3) is 7.82. The minimum atomic E-state index is -0.0819. The zero-order valence-electron chi connectivity index (χ0n) is 28.9. The smallest absolute Gasteiger partial charge is 0.299 e. The van der Waals surface area contributed by atoms with Gasteiger partial charge in [-0.15, -0.1) is 22.7 Å². The number of allylic oxidation sites excluding steroid dienone is 1. The van der Waals surface area contributed by atoms with Crippen LogP contribution in [0.2, 0.25) is 0 Å². The molecule has 2 aromatic heterocycles. The molecular weight excluding hydrogens is 651 g/mol. The number of benzene rings is 1. The number of rotatable bonds is 18. The van der Waals surface area contributed by atoms with Crippen LogP contribution in [0.25, 0.3) is 27.9 Å². The number of unbranched alkanes of at least 4 members (excludes halogenated alkanes) is 2. The fraction of sp³-hybridized carbons (Fsp3) is 0.400. The lowest BCUT2D eigenvalue weighted by molar-refractivity contribution is -0.125. The molecule has 0 spiro atoms. The van der Waals surface area contributed by atoms with E-state index in [-0.39, 0.29) is 24.0 Å². The first-order valence-electron chi connectivity index (χ1n) is 17.5. The van der Waals surface area contributed by atoms with E-state index in [0.29, 0.717) is 36.1 Å². The second-order valence-electron chi connectivity index (χ2n) is 12.7. The first kappa shape index (κ1) is 36.0.